The van der Waals surface area contributed by atoms with E-state index in [1.807, 2.05) is 21.1 Å². The Kier molecular flexibility index (Phi) is 33.5. The number of esters is 2. The number of hydrogen-bond acceptors (Lipinski definition) is 6. The lowest BCUT2D eigenvalue weighted by Crippen LogP contribution is -2.50. The zero-order valence-corrected chi connectivity index (χ0v) is 34.0. The number of quaternary nitrogens is 1. The Morgan fingerprint density at radius 3 is 1.56 bits per heavy atom. The van der Waals surface area contributed by atoms with Gasteiger partial charge in [-0.05, 0) is 51.4 Å². The number of carboxylic acids is 1. The molecule has 0 amide bonds. The van der Waals surface area contributed by atoms with Crippen LogP contribution in [-0.2, 0) is 28.6 Å². The topological polar surface area (TPSA) is 99.1 Å². The Bertz CT molecular complexity index is 995. The Hall–Kier alpha value is -2.71. The number of rotatable bonds is 36. The fraction of sp³-hybridized carbons (Fsp3) is 0.750. The maximum atomic E-state index is 12.6. The van der Waals surface area contributed by atoms with Crippen LogP contribution < -0.4 is 0 Å². The summed E-state index contributed by atoms with van der Waals surface area (Å²) in [5.74, 6) is -1.54. The Morgan fingerprint density at radius 1 is 0.577 bits per heavy atom. The van der Waals surface area contributed by atoms with Crippen molar-refractivity contribution in [3.05, 3.63) is 48.6 Å². The minimum absolute atomic E-state index is 0.0446. The van der Waals surface area contributed by atoms with Gasteiger partial charge >= 0.3 is 17.9 Å². The van der Waals surface area contributed by atoms with Gasteiger partial charge in [0.15, 0.2) is 12.1 Å². The lowest BCUT2D eigenvalue weighted by atomic mass is 10.1. The normalized spacial score (nSPS) is 13.5. The van der Waals surface area contributed by atoms with Crippen LogP contribution in [0.15, 0.2) is 48.6 Å². The predicted octanol–water partition coefficient (Wildman–Crippen LogP) is 10.9. The van der Waals surface area contributed by atoms with Gasteiger partial charge in [0.25, 0.3) is 0 Å². The zero-order chi connectivity index (χ0) is 38.5. The zero-order valence-electron chi connectivity index (χ0n) is 34.0. The Morgan fingerprint density at radius 2 is 1.04 bits per heavy atom. The summed E-state index contributed by atoms with van der Waals surface area (Å²) in [6.45, 7) is 4.63. The molecule has 1 N–H and O–H groups in total. The minimum atomic E-state index is -0.883. The number of likely N-dealkylation sites (N-methyl/N-ethyl adjacent to an activating group) is 1. The Labute approximate surface area is 318 Å². The summed E-state index contributed by atoms with van der Waals surface area (Å²) in [5, 5.41) is 9.59. The molecule has 52 heavy (non-hydrogen) atoms. The lowest BCUT2D eigenvalue weighted by molar-refractivity contribution is -0.887. The van der Waals surface area contributed by atoms with Crippen LogP contribution in [0.25, 0.3) is 0 Å². The standard InChI is InChI=1S/C44H77NO7/c1-6-8-10-12-14-16-18-19-20-21-22-23-25-26-28-30-32-34-42(46)51-39-40(38-50-37-36-41(44(48)49)45(3,4)5)52-43(47)35-33-31-29-27-24-17-15-13-11-9-7-2/h14,16,19-20,22-23,26,28,40-41H,6-13,15,17-18,21,24-25,27,29-39H2,1-5H3/p+1/b16-14+,20-19+,23-22+,28-26+. The van der Waals surface area contributed by atoms with Crippen LogP contribution >= 0.6 is 0 Å². The number of carbonyl (C=O) groups is 3. The van der Waals surface area contributed by atoms with Crippen molar-refractivity contribution in [3.63, 3.8) is 0 Å². The lowest BCUT2D eigenvalue weighted by Gasteiger charge is -2.31. The fourth-order valence-corrected chi connectivity index (χ4v) is 5.73. The highest BCUT2D eigenvalue weighted by atomic mass is 16.6. The third kappa shape index (κ3) is 33.1. The van der Waals surface area contributed by atoms with Crippen LogP contribution in [0.4, 0.5) is 0 Å². The molecule has 0 aliphatic carbocycles. The van der Waals surface area contributed by atoms with E-state index in [1.165, 1.54) is 77.0 Å². The van der Waals surface area contributed by atoms with Gasteiger partial charge in [0.05, 0.1) is 34.4 Å². The third-order valence-electron chi connectivity index (χ3n) is 8.98. The Balaban J connectivity index is 4.46. The van der Waals surface area contributed by atoms with E-state index in [4.69, 9.17) is 14.2 Å². The molecule has 0 saturated carbocycles. The van der Waals surface area contributed by atoms with Crippen LogP contribution in [0.2, 0.25) is 0 Å². The molecule has 0 heterocycles. The van der Waals surface area contributed by atoms with Gasteiger partial charge in [-0.1, -0.05) is 140 Å². The monoisotopic (exact) mass is 733 g/mol. The molecule has 0 bridgehead atoms. The maximum Gasteiger partial charge on any atom is 0.362 e. The number of carboxylic acid groups (broad SMARTS) is 1. The number of allylic oxidation sites excluding steroid dienone is 8. The summed E-state index contributed by atoms with van der Waals surface area (Å²) in [5.41, 5.74) is 0. The van der Waals surface area contributed by atoms with E-state index in [9.17, 15) is 19.5 Å². The number of unbranched alkanes of at least 4 members (excludes halogenated alkanes) is 14. The quantitative estimate of drug-likeness (QED) is 0.0296. The van der Waals surface area contributed by atoms with Crippen LogP contribution in [0.3, 0.4) is 0 Å². The van der Waals surface area contributed by atoms with Crippen molar-refractivity contribution in [1.29, 1.82) is 0 Å². The molecule has 0 aromatic rings. The van der Waals surface area contributed by atoms with Crippen LogP contribution in [0.5, 0.6) is 0 Å². The predicted molar refractivity (Wildman–Crippen MR) is 215 cm³/mol. The number of carbonyl (C=O) groups excluding carboxylic acids is 2. The van der Waals surface area contributed by atoms with E-state index in [1.54, 1.807) is 0 Å². The highest BCUT2D eigenvalue weighted by Gasteiger charge is 2.31. The number of nitrogens with zero attached hydrogens (tertiary/aromatic N) is 1. The summed E-state index contributed by atoms with van der Waals surface area (Å²) in [7, 11) is 5.50. The highest BCUT2D eigenvalue weighted by Crippen LogP contribution is 2.13. The van der Waals surface area contributed by atoms with Gasteiger partial charge in [-0.3, -0.25) is 9.59 Å². The molecule has 8 heteroatoms. The molecule has 2 atom stereocenters. The number of hydrogen-bond donors (Lipinski definition) is 1. The minimum Gasteiger partial charge on any atom is -0.477 e. The first-order valence-corrected chi connectivity index (χ1v) is 20.7. The average molecular weight is 733 g/mol. The second-order valence-electron chi connectivity index (χ2n) is 14.9. The first-order valence-electron chi connectivity index (χ1n) is 20.7. The molecule has 0 spiro atoms. The second kappa shape index (κ2) is 35.3. The summed E-state index contributed by atoms with van der Waals surface area (Å²) >= 11 is 0. The van der Waals surface area contributed by atoms with Crippen molar-refractivity contribution in [1.82, 2.24) is 0 Å². The van der Waals surface area contributed by atoms with Crippen molar-refractivity contribution in [3.8, 4) is 0 Å². The molecule has 8 nitrogen and oxygen atoms in total. The fourth-order valence-electron chi connectivity index (χ4n) is 5.73. The van der Waals surface area contributed by atoms with E-state index in [0.29, 0.717) is 19.3 Å². The molecular weight excluding hydrogens is 654 g/mol. The largest absolute Gasteiger partial charge is 0.477 e. The van der Waals surface area contributed by atoms with Crippen LogP contribution in [0, 0.1) is 0 Å². The van der Waals surface area contributed by atoms with E-state index in [0.717, 1.165) is 44.9 Å². The second-order valence-corrected chi connectivity index (χ2v) is 14.9. The smallest absolute Gasteiger partial charge is 0.362 e. The number of aliphatic carboxylic acids is 1. The molecule has 0 aliphatic heterocycles. The van der Waals surface area contributed by atoms with Gasteiger partial charge in [-0.25, -0.2) is 4.79 Å². The van der Waals surface area contributed by atoms with E-state index >= 15 is 0 Å². The summed E-state index contributed by atoms with van der Waals surface area (Å²) in [6.07, 6.45) is 40.1. The molecule has 0 rings (SSSR count). The van der Waals surface area contributed by atoms with E-state index in [2.05, 4.69) is 62.5 Å². The van der Waals surface area contributed by atoms with E-state index < -0.39 is 18.1 Å². The maximum absolute atomic E-state index is 12.6. The summed E-state index contributed by atoms with van der Waals surface area (Å²) in [4.78, 5) is 36.8. The molecule has 0 fully saturated rings. The first-order chi connectivity index (χ1) is 25.1. The molecular formula is C44H78NO7+. The van der Waals surface area contributed by atoms with Crippen LogP contribution in [0.1, 0.15) is 162 Å². The van der Waals surface area contributed by atoms with Gasteiger partial charge < -0.3 is 23.8 Å². The highest BCUT2D eigenvalue weighted by molar-refractivity contribution is 5.72. The van der Waals surface area contributed by atoms with Gasteiger partial charge in [0, 0.05) is 19.3 Å². The summed E-state index contributed by atoms with van der Waals surface area (Å²) in [6, 6.07) is -0.621. The number of ether oxygens (including phenoxy) is 3. The van der Waals surface area contributed by atoms with Crippen LogP contribution in [-0.4, -0.2) is 80.6 Å². The van der Waals surface area contributed by atoms with Gasteiger partial charge in [-0.2, -0.15) is 0 Å². The molecule has 0 aromatic heterocycles. The average Bonchev–Trinajstić information content (AvgIpc) is 3.09. The molecule has 0 radical (unpaired) electrons. The first kappa shape index (κ1) is 49.3. The molecule has 0 saturated heterocycles. The van der Waals surface area contributed by atoms with Gasteiger partial charge in [-0.15, -0.1) is 0 Å². The van der Waals surface area contributed by atoms with Gasteiger partial charge in [0.2, 0.25) is 0 Å². The third-order valence-corrected chi connectivity index (χ3v) is 8.98. The molecule has 0 aromatic carbocycles. The molecule has 2 unspecified atom stereocenters. The van der Waals surface area contributed by atoms with Crippen molar-refractivity contribution in [2.24, 2.45) is 0 Å². The molecule has 0 aliphatic rings. The van der Waals surface area contributed by atoms with Gasteiger partial charge in [0.1, 0.15) is 6.61 Å². The van der Waals surface area contributed by atoms with Crippen molar-refractivity contribution < 1.29 is 38.2 Å². The van der Waals surface area contributed by atoms with Crippen molar-refractivity contribution in [2.45, 2.75) is 174 Å². The van der Waals surface area contributed by atoms with Crippen molar-refractivity contribution >= 4 is 17.9 Å². The molecule has 300 valence electrons. The SMILES string of the molecule is CCCCC/C=C/C/C=C/C/C=C/C/C=C/CCCC(=O)OCC(COCCC(C(=O)O)[N+](C)(C)C)OC(=O)CCCCCCCCCCCCC. The van der Waals surface area contributed by atoms with Crippen molar-refractivity contribution in [2.75, 3.05) is 41.0 Å². The summed E-state index contributed by atoms with van der Waals surface area (Å²) < 4.78 is 17.2. The van der Waals surface area contributed by atoms with E-state index in [-0.39, 0.29) is 42.7 Å².